The Morgan fingerprint density at radius 2 is 1.50 bits per heavy atom. The lowest BCUT2D eigenvalue weighted by Gasteiger charge is -2.18. The van der Waals surface area contributed by atoms with Crippen LogP contribution in [0.1, 0.15) is 20.7 Å². The van der Waals surface area contributed by atoms with Crippen molar-refractivity contribution in [3.05, 3.63) is 62.8 Å². The summed E-state index contributed by atoms with van der Waals surface area (Å²) in [5.41, 5.74) is -0.974. The summed E-state index contributed by atoms with van der Waals surface area (Å²) < 4.78 is 0. The fourth-order valence-corrected chi connectivity index (χ4v) is 4.02. The van der Waals surface area contributed by atoms with Crippen molar-refractivity contribution >= 4 is 44.9 Å². The molecule has 0 aliphatic heterocycles. The molecule has 1 atom stereocenters. The first-order valence-electron chi connectivity index (χ1n) is 6.95. The standard InChI is InChI=1S/C15H12N2O7S2/c1-16(22)12-4-2-8(6-10(12)14(18)19)25-26-9-3-5-13(17(23)24)11(7-9)15(20)21/h2-7,16H,1H3,(H,18,19)(H,20,21). The van der Waals surface area contributed by atoms with Crippen LogP contribution in [-0.4, -0.2) is 34.1 Å². The highest BCUT2D eigenvalue weighted by Gasteiger charge is 2.20. The minimum Gasteiger partial charge on any atom is -0.629 e. The topological polar surface area (TPSA) is 145 Å². The maximum absolute atomic E-state index is 11.5. The Morgan fingerprint density at radius 1 is 1.00 bits per heavy atom. The van der Waals surface area contributed by atoms with Gasteiger partial charge in [-0.1, -0.05) is 21.6 Å². The molecule has 26 heavy (non-hydrogen) atoms. The molecule has 0 saturated heterocycles. The number of hydrogen-bond acceptors (Lipinski definition) is 7. The summed E-state index contributed by atoms with van der Waals surface area (Å²) in [4.78, 5) is 33.5. The van der Waals surface area contributed by atoms with Gasteiger partial charge in [-0.3, -0.25) is 10.1 Å². The molecule has 0 aliphatic carbocycles. The molecular formula is C15H12N2O7S2. The zero-order valence-corrected chi connectivity index (χ0v) is 14.8. The number of carboxylic acid groups (broad SMARTS) is 2. The Hall–Kier alpha value is -2.60. The number of quaternary nitrogens is 1. The van der Waals surface area contributed by atoms with Crippen LogP contribution in [-0.2, 0) is 0 Å². The van der Waals surface area contributed by atoms with E-state index >= 15 is 0 Å². The lowest BCUT2D eigenvalue weighted by Crippen LogP contribution is -2.98. The SMILES string of the molecule is C[NH+]([O-])c1ccc(SSc2ccc([N+](=O)[O-])c(C(=O)O)c2)cc1C(=O)O. The van der Waals surface area contributed by atoms with Gasteiger partial charge in [0.1, 0.15) is 16.8 Å². The quantitative estimate of drug-likeness (QED) is 0.365. The van der Waals surface area contributed by atoms with Crippen LogP contribution in [0.2, 0.25) is 0 Å². The third-order valence-corrected chi connectivity index (χ3v) is 5.61. The van der Waals surface area contributed by atoms with Gasteiger partial charge in [-0.05, 0) is 24.3 Å². The van der Waals surface area contributed by atoms with E-state index in [4.69, 9.17) is 5.11 Å². The molecule has 0 bridgehead atoms. The first kappa shape index (κ1) is 19.7. The van der Waals surface area contributed by atoms with Gasteiger partial charge in [-0.2, -0.15) is 0 Å². The number of carbonyl (C=O) groups is 2. The van der Waals surface area contributed by atoms with Crippen LogP contribution in [0.5, 0.6) is 0 Å². The third-order valence-electron chi connectivity index (χ3n) is 3.23. The molecule has 9 nitrogen and oxygen atoms in total. The molecule has 1 unspecified atom stereocenters. The van der Waals surface area contributed by atoms with Crippen molar-refractivity contribution < 1.29 is 29.8 Å². The van der Waals surface area contributed by atoms with Crippen molar-refractivity contribution in [1.82, 2.24) is 0 Å². The van der Waals surface area contributed by atoms with E-state index in [1.54, 1.807) is 6.07 Å². The summed E-state index contributed by atoms with van der Waals surface area (Å²) >= 11 is 0. The Bertz CT molecular complexity index is 886. The number of carboxylic acids is 2. The van der Waals surface area contributed by atoms with E-state index in [1.807, 2.05) is 0 Å². The second kappa shape index (κ2) is 8.19. The second-order valence-electron chi connectivity index (χ2n) is 4.98. The van der Waals surface area contributed by atoms with Crippen LogP contribution >= 0.6 is 21.6 Å². The molecule has 11 heteroatoms. The molecule has 3 N–H and O–H groups in total. The van der Waals surface area contributed by atoms with Crippen molar-refractivity contribution in [2.24, 2.45) is 0 Å². The first-order chi connectivity index (χ1) is 12.2. The van der Waals surface area contributed by atoms with Crippen LogP contribution in [0.15, 0.2) is 46.2 Å². The van der Waals surface area contributed by atoms with Gasteiger partial charge in [0.2, 0.25) is 0 Å². The smallest absolute Gasteiger partial charge is 0.342 e. The van der Waals surface area contributed by atoms with Crippen LogP contribution < -0.4 is 5.06 Å². The molecule has 0 spiro atoms. The fraction of sp³-hybridized carbons (Fsp3) is 0.0667. The molecule has 0 amide bonds. The Kier molecular flexibility index (Phi) is 6.21. The van der Waals surface area contributed by atoms with Crippen LogP contribution in [0, 0.1) is 15.3 Å². The second-order valence-corrected chi connectivity index (χ2v) is 7.25. The summed E-state index contributed by atoms with van der Waals surface area (Å²) in [5, 5.41) is 40.2. The van der Waals surface area contributed by atoms with Crippen molar-refractivity contribution in [1.29, 1.82) is 0 Å². The van der Waals surface area contributed by atoms with E-state index in [2.05, 4.69) is 0 Å². The van der Waals surface area contributed by atoms with Gasteiger partial charge in [0, 0.05) is 21.9 Å². The Balaban J connectivity index is 2.25. The highest BCUT2D eigenvalue weighted by Crippen LogP contribution is 2.39. The number of hydroxylamine groups is 1. The number of rotatable bonds is 7. The van der Waals surface area contributed by atoms with Gasteiger partial charge in [-0.25, -0.2) is 9.59 Å². The van der Waals surface area contributed by atoms with Crippen LogP contribution in [0.3, 0.4) is 0 Å². The molecular weight excluding hydrogens is 384 g/mol. The van der Waals surface area contributed by atoms with E-state index in [9.17, 15) is 30.0 Å². The summed E-state index contributed by atoms with van der Waals surface area (Å²) in [7, 11) is 3.52. The summed E-state index contributed by atoms with van der Waals surface area (Å²) in [6, 6.07) is 8.02. The minimum atomic E-state index is -1.41. The number of aromatic carboxylic acids is 2. The van der Waals surface area contributed by atoms with Crippen molar-refractivity contribution in [2.75, 3.05) is 7.05 Å². The van der Waals surface area contributed by atoms with Gasteiger partial charge < -0.3 is 20.5 Å². The Labute approximate surface area is 154 Å². The normalized spacial score (nSPS) is 11.8. The van der Waals surface area contributed by atoms with Crippen molar-refractivity contribution in [2.45, 2.75) is 9.79 Å². The molecule has 2 aromatic carbocycles. The number of benzene rings is 2. The zero-order chi connectivity index (χ0) is 19.4. The molecule has 0 radical (unpaired) electrons. The highest BCUT2D eigenvalue weighted by atomic mass is 33.1. The lowest BCUT2D eigenvalue weighted by atomic mass is 10.2. The average molecular weight is 396 g/mol. The summed E-state index contributed by atoms with van der Waals surface area (Å²) in [5.74, 6) is -2.64. The van der Waals surface area contributed by atoms with Crippen LogP contribution in [0.4, 0.5) is 11.4 Å². The molecule has 0 fully saturated rings. The van der Waals surface area contributed by atoms with Gasteiger partial charge in [0.05, 0.1) is 12.0 Å². The number of hydrogen-bond donors (Lipinski definition) is 3. The van der Waals surface area contributed by atoms with E-state index in [1.165, 1.54) is 31.3 Å². The van der Waals surface area contributed by atoms with Crippen LogP contribution in [0.25, 0.3) is 0 Å². The third kappa shape index (κ3) is 4.52. The monoisotopic (exact) mass is 396 g/mol. The predicted octanol–water partition coefficient (Wildman–Crippen LogP) is 2.43. The van der Waals surface area contributed by atoms with Gasteiger partial charge in [0.15, 0.2) is 0 Å². The van der Waals surface area contributed by atoms with E-state index in [-0.39, 0.29) is 16.3 Å². The first-order valence-corrected chi connectivity index (χ1v) is 9.10. The number of nitrogens with one attached hydrogen (secondary N) is 1. The fourth-order valence-electron chi connectivity index (χ4n) is 2.05. The number of nitro benzene ring substituents is 1. The van der Waals surface area contributed by atoms with E-state index < -0.39 is 28.1 Å². The summed E-state index contributed by atoms with van der Waals surface area (Å²) in [6.45, 7) is 0. The summed E-state index contributed by atoms with van der Waals surface area (Å²) in [6.07, 6.45) is 0. The number of nitrogens with zero attached hydrogens (tertiary/aromatic N) is 1. The Morgan fingerprint density at radius 3 is 1.96 bits per heavy atom. The molecule has 0 aromatic heterocycles. The van der Waals surface area contributed by atoms with Crippen molar-refractivity contribution in [3.8, 4) is 0 Å². The molecule has 0 heterocycles. The largest absolute Gasteiger partial charge is 0.629 e. The molecule has 0 saturated carbocycles. The molecule has 2 aromatic rings. The molecule has 0 aliphatic rings. The zero-order valence-electron chi connectivity index (χ0n) is 13.2. The van der Waals surface area contributed by atoms with Gasteiger partial charge >= 0.3 is 11.9 Å². The molecule has 136 valence electrons. The number of nitro groups is 1. The minimum absolute atomic E-state index is 0.0929. The maximum Gasteiger partial charge on any atom is 0.342 e. The predicted molar refractivity (Wildman–Crippen MR) is 95.1 cm³/mol. The lowest BCUT2D eigenvalue weighted by molar-refractivity contribution is -0.751. The van der Waals surface area contributed by atoms with Crippen molar-refractivity contribution in [3.63, 3.8) is 0 Å². The van der Waals surface area contributed by atoms with E-state index in [0.717, 1.165) is 27.7 Å². The van der Waals surface area contributed by atoms with Gasteiger partial charge in [0.25, 0.3) is 5.69 Å². The maximum atomic E-state index is 11.5. The van der Waals surface area contributed by atoms with E-state index in [0.29, 0.717) is 9.79 Å². The van der Waals surface area contributed by atoms with Gasteiger partial charge in [-0.15, -0.1) is 0 Å². The highest BCUT2D eigenvalue weighted by molar-refractivity contribution is 8.76. The average Bonchev–Trinajstić information content (AvgIpc) is 2.59. The molecule has 2 rings (SSSR count).